The van der Waals surface area contributed by atoms with Crippen LogP contribution in [0.2, 0.25) is 0 Å². The van der Waals surface area contributed by atoms with Crippen LogP contribution in [0.25, 0.3) is 6.08 Å². The zero-order valence-corrected chi connectivity index (χ0v) is 27.1. The molecule has 4 fully saturated rings. The van der Waals surface area contributed by atoms with Crippen LogP contribution < -0.4 is 0 Å². The second kappa shape index (κ2) is 13.9. The summed E-state index contributed by atoms with van der Waals surface area (Å²) in [6.07, 6.45) is -9.82. The molecule has 4 N–H and O–H groups in total. The quantitative estimate of drug-likeness (QED) is 0.153. The van der Waals surface area contributed by atoms with Crippen LogP contribution >= 0.6 is 0 Å². The molecule has 4 aliphatic heterocycles. The topological polar surface area (TPSA) is 240 Å². The number of phenols is 2. The van der Waals surface area contributed by atoms with Gasteiger partial charge in [-0.25, -0.2) is 9.59 Å². The van der Waals surface area contributed by atoms with Crippen LogP contribution in [0.4, 0.5) is 0 Å². The Balaban J connectivity index is 1.37. The highest BCUT2D eigenvalue weighted by Gasteiger charge is 2.83. The summed E-state index contributed by atoms with van der Waals surface area (Å²) < 4.78 is 45.6. The lowest BCUT2D eigenvalue weighted by atomic mass is 9.75. The SMILES string of the molecule is CC(=O)OC[C@H]1O[C@@H](O[C@]23OC[C@H](OC(=O)C=Cc4ccc(O)cc4)[C@H]2OC(=O)[C@@]32OC(=O)C[C@@H]2c2ccc(O)cc2)[C@H](O)[C@@H](O)[C@@H]1OC(C)=O. The van der Waals surface area contributed by atoms with E-state index in [1.54, 1.807) is 12.1 Å². The molecule has 17 heteroatoms. The normalized spacial score (nSPS) is 34.2. The van der Waals surface area contributed by atoms with E-state index in [0.717, 1.165) is 19.9 Å². The molecule has 51 heavy (non-hydrogen) atoms. The van der Waals surface area contributed by atoms with E-state index < -0.39 is 110 Å². The van der Waals surface area contributed by atoms with Gasteiger partial charge in [-0.05, 0) is 41.5 Å². The molecule has 0 aliphatic carbocycles. The molecule has 2 aromatic carbocycles. The third-order valence-corrected chi connectivity index (χ3v) is 8.92. The summed E-state index contributed by atoms with van der Waals surface area (Å²) in [5.41, 5.74) is -1.60. The highest BCUT2D eigenvalue weighted by molar-refractivity contribution is 5.93. The number of aliphatic hydroxyl groups excluding tert-OH is 2. The van der Waals surface area contributed by atoms with E-state index in [9.17, 15) is 44.4 Å². The minimum Gasteiger partial charge on any atom is -0.508 e. The van der Waals surface area contributed by atoms with Gasteiger partial charge in [0.05, 0.1) is 18.9 Å². The molecule has 1 spiro atoms. The van der Waals surface area contributed by atoms with Gasteiger partial charge in [0.15, 0.2) is 24.6 Å². The highest BCUT2D eigenvalue weighted by Crippen LogP contribution is 2.59. The number of aromatic hydroxyl groups is 2. The first-order valence-corrected chi connectivity index (χ1v) is 15.8. The number of rotatable bonds is 9. The monoisotopic (exact) mass is 714 g/mol. The number of carbonyl (C=O) groups excluding carboxylic acids is 5. The zero-order valence-electron chi connectivity index (χ0n) is 27.1. The Morgan fingerprint density at radius 3 is 2.24 bits per heavy atom. The van der Waals surface area contributed by atoms with Crippen molar-refractivity contribution in [3.05, 3.63) is 65.7 Å². The fourth-order valence-corrected chi connectivity index (χ4v) is 6.67. The number of fused-ring (bicyclic) bond motifs is 2. The Labute approximate surface area is 289 Å². The number of phenolic OH excluding ortho intramolecular Hbond substituents is 2. The number of esters is 5. The summed E-state index contributed by atoms with van der Waals surface area (Å²) >= 11 is 0. The lowest BCUT2D eigenvalue weighted by Gasteiger charge is -2.46. The Bertz CT molecular complexity index is 1710. The standard InChI is InChI=1S/C34H34O17/c1-16(35)44-14-23-29(46-17(2)36)27(41)28(42)31(48-23)51-34-30(24(15-45-34)47-25(39)12-5-18-3-8-20(37)9-4-18)49-32(43)33(34)22(13-26(40)50-33)19-6-10-21(38)11-7-19/h3-12,22-24,27-31,37-38,41-42H,13-15H2,1-2H3/t22-,23-,24+,27-,28-,29-,30-,31+,33-,34-/m1/s1. The van der Waals surface area contributed by atoms with Crippen LogP contribution in [0.15, 0.2) is 54.6 Å². The lowest BCUT2D eigenvalue weighted by Crippen LogP contribution is -2.67. The number of hydrogen-bond acceptors (Lipinski definition) is 17. The summed E-state index contributed by atoms with van der Waals surface area (Å²) in [5, 5.41) is 41.8. The van der Waals surface area contributed by atoms with E-state index in [4.69, 9.17) is 37.9 Å². The fraction of sp³-hybridized carbons (Fsp3) is 0.441. The van der Waals surface area contributed by atoms with Crippen molar-refractivity contribution in [1.29, 1.82) is 0 Å². The minimum absolute atomic E-state index is 0.0172. The highest BCUT2D eigenvalue weighted by atomic mass is 16.8. The zero-order chi connectivity index (χ0) is 36.7. The Hall–Kier alpha value is -5.07. The summed E-state index contributed by atoms with van der Waals surface area (Å²) in [6.45, 7) is 1.08. The van der Waals surface area contributed by atoms with Crippen molar-refractivity contribution in [3.63, 3.8) is 0 Å². The third-order valence-electron chi connectivity index (χ3n) is 8.92. The maximum absolute atomic E-state index is 14.0. The van der Waals surface area contributed by atoms with Crippen LogP contribution in [0.1, 0.15) is 37.3 Å². The van der Waals surface area contributed by atoms with Gasteiger partial charge in [-0.1, -0.05) is 24.3 Å². The second-order valence-electron chi connectivity index (χ2n) is 12.3. The van der Waals surface area contributed by atoms with E-state index in [1.165, 1.54) is 42.5 Å². The van der Waals surface area contributed by atoms with E-state index in [1.807, 2.05) is 0 Å². The average Bonchev–Trinajstić information content (AvgIpc) is 3.69. The van der Waals surface area contributed by atoms with Crippen molar-refractivity contribution in [2.45, 2.75) is 80.5 Å². The van der Waals surface area contributed by atoms with Gasteiger partial charge in [0.2, 0.25) is 0 Å². The minimum atomic E-state index is -2.52. The molecular formula is C34H34O17. The fourth-order valence-electron chi connectivity index (χ4n) is 6.67. The number of ether oxygens (including phenoxy) is 8. The maximum Gasteiger partial charge on any atom is 0.357 e. The molecule has 0 bridgehead atoms. The molecule has 17 nitrogen and oxygen atoms in total. The van der Waals surface area contributed by atoms with Gasteiger partial charge in [0.25, 0.3) is 11.4 Å². The first-order valence-electron chi connectivity index (χ1n) is 15.8. The van der Waals surface area contributed by atoms with Crippen LogP contribution in [-0.2, 0) is 61.9 Å². The number of carbonyl (C=O) groups is 5. The van der Waals surface area contributed by atoms with Gasteiger partial charge in [-0.3, -0.25) is 14.4 Å². The first-order chi connectivity index (χ1) is 24.2. The van der Waals surface area contributed by atoms with Crippen molar-refractivity contribution in [3.8, 4) is 11.5 Å². The van der Waals surface area contributed by atoms with Crippen molar-refractivity contribution < 1.29 is 82.3 Å². The van der Waals surface area contributed by atoms with Gasteiger partial charge in [0.1, 0.15) is 36.4 Å². The molecule has 4 aliphatic rings. The molecule has 0 unspecified atom stereocenters. The predicted octanol–water partition coefficient (Wildman–Crippen LogP) is 0.102. The largest absolute Gasteiger partial charge is 0.508 e. The number of aliphatic hydroxyl groups is 2. The molecule has 0 amide bonds. The van der Waals surface area contributed by atoms with Crippen LogP contribution in [0.5, 0.6) is 11.5 Å². The first kappa shape index (κ1) is 35.7. The van der Waals surface area contributed by atoms with E-state index in [-0.39, 0.29) is 11.5 Å². The van der Waals surface area contributed by atoms with Crippen molar-refractivity contribution in [1.82, 2.24) is 0 Å². The molecule has 272 valence electrons. The van der Waals surface area contributed by atoms with E-state index >= 15 is 0 Å². The average molecular weight is 715 g/mol. The second-order valence-corrected chi connectivity index (χ2v) is 12.3. The van der Waals surface area contributed by atoms with Gasteiger partial charge < -0.3 is 58.3 Å². The van der Waals surface area contributed by atoms with Gasteiger partial charge in [0, 0.05) is 19.9 Å². The Morgan fingerprint density at radius 1 is 0.922 bits per heavy atom. The molecule has 0 saturated carbocycles. The Morgan fingerprint density at radius 2 is 1.59 bits per heavy atom. The molecule has 2 aromatic rings. The van der Waals surface area contributed by atoms with Crippen LogP contribution in [-0.4, -0.2) is 118 Å². The molecule has 4 heterocycles. The van der Waals surface area contributed by atoms with Crippen LogP contribution in [0.3, 0.4) is 0 Å². The van der Waals surface area contributed by atoms with E-state index in [2.05, 4.69) is 0 Å². The Kier molecular flexibility index (Phi) is 9.75. The number of benzene rings is 2. The van der Waals surface area contributed by atoms with Crippen molar-refractivity contribution >= 4 is 35.9 Å². The van der Waals surface area contributed by atoms with Gasteiger partial charge >= 0.3 is 29.8 Å². The summed E-state index contributed by atoms with van der Waals surface area (Å²) in [4.78, 5) is 63.6. The summed E-state index contributed by atoms with van der Waals surface area (Å²) in [7, 11) is 0. The lowest BCUT2D eigenvalue weighted by molar-refractivity contribution is -0.389. The molecule has 10 atom stereocenters. The van der Waals surface area contributed by atoms with Crippen LogP contribution in [0, 0.1) is 0 Å². The molecule has 0 radical (unpaired) electrons. The maximum atomic E-state index is 14.0. The summed E-state index contributed by atoms with van der Waals surface area (Å²) in [6, 6.07) is 11.4. The van der Waals surface area contributed by atoms with Crippen molar-refractivity contribution in [2.24, 2.45) is 0 Å². The molecule has 4 saturated heterocycles. The molecular weight excluding hydrogens is 680 g/mol. The predicted molar refractivity (Wildman–Crippen MR) is 164 cm³/mol. The van der Waals surface area contributed by atoms with Gasteiger partial charge in [-0.2, -0.15) is 0 Å². The van der Waals surface area contributed by atoms with E-state index in [0.29, 0.717) is 11.1 Å². The smallest absolute Gasteiger partial charge is 0.357 e. The van der Waals surface area contributed by atoms with Crippen molar-refractivity contribution in [2.75, 3.05) is 13.2 Å². The number of hydrogen-bond donors (Lipinski definition) is 4. The van der Waals surface area contributed by atoms with Gasteiger partial charge in [-0.15, -0.1) is 0 Å². The summed E-state index contributed by atoms with van der Waals surface area (Å²) in [5.74, 6) is -8.34. The molecule has 6 rings (SSSR count). The molecule has 0 aromatic heterocycles. The third kappa shape index (κ3) is 6.61.